The zero-order valence-corrected chi connectivity index (χ0v) is 11.1. The molecule has 0 aliphatic heterocycles. The Hall–Kier alpha value is -2.69. The fourth-order valence-electron chi connectivity index (χ4n) is 2.15. The molecule has 0 spiro atoms. The van der Waals surface area contributed by atoms with Gasteiger partial charge in [0.05, 0.1) is 6.54 Å². The molecular formula is C15H14N4O. The van der Waals surface area contributed by atoms with E-state index in [9.17, 15) is 4.79 Å². The highest BCUT2D eigenvalue weighted by atomic mass is 16.2. The van der Waals surface area contributed by atoms with E-state index in [0.717, 1.165) is 10.8 Å². The number of fused-ring (bicyclic) bond motifs is 1. The summed E-state index contributed by atoms with van der Waals surface area (Å²) in [5.74, 6) is 0.633. The molecule has 3 aromatic rings. The first-order valence-corrected chi connectivity index (χ1v) is 6.32. The molecule has 1 heterocycles. The van der Waals surface area contributed by atoms with Crippen LogP contribution in [0.3, 0.4) is 0 Å². The molecule has 3 rings (SSSR count). The molecule has 0 fully saturated rings. The number of aromatic amines is 1. The minimum Gasteiger partial charge on any atom is -0.334 e. The minimum absolute atomic E-state index is 0.0350. The van der Waals surface area contributed by atoms with E-state index >= 15 is 0 Å². The van der Waals surface area contributed by atoms with E-state index in [4.69, 9.17) is 0 Å². The molecule has 0 aliphatic rings. The van der Waals surface area contributed by atoms with Crippen molar-refractivity contribution in [2.75, 3.05) is 7.05 Å². The number of hydrogen-bond donors (Lipinski definition) is 1. The lowest BCUT2D eigenvalue weighted by Gasteiger charge is -2.15. The normalized spacial score (nSPS) is 10.7. The Morgan fingerprint density at radius 3 is 2.75 bits per heavy atom. The maximum absolute atomic E-state index is 12.4. The summed E-state index contributed by atoms with van der Waals surface area (Å²) in [6.45, 7) is 0.408. The summed E-state index contributed by atoms with van der Waals surface area (Å²) in [5, 5.41) is 8.71. The molecule has 5 nitrogen and oxygen atoms in total. The molecule has 20 heavy (non-hydrogen) atoms. The lowest BCUT2D eigenvalue weighted by molar-refractivity contribution is 0.0782. The standard InChI is InChI=1S/C15H14N4O/c1-19(9-14-16-10-17-18-14)15(20)13-7-6-11-4-2-3-5-12(11)8-13/h2-8,10H,9H2,1H3,(H,16,17,18). The van der Waals surface area contributed by atoms with Gasteiger partial charge in [0, 0.05) is 12.6 Å². The van der Waals surface area contributed by atoms with Crippen molar-refractivity contribution in [1.29, 1.82) is 0 Å². The first-order valence-electron chi connectivity index (χ1n) is 6.32. The van der Waals surface area contributed by atoms with Crippen LogP contribution in [0.15, 0.2) is 48.8 Å². The van der Waals surface area contributed by atoms with Crippen molar-refractivity contribution >= 4 is 16.7 Å². The van der Waals surface area contributed by atoms with E-state index in [1.54, 1.807) is 11.9 Å². The van der Waals surface area contributed by atoms with Crippen LogP contribution in [0.4, 0.5) is 0 Å². The Morgan fingerprint density at radius 2 is 2.00 bits per heavy atom. The fraction of sp³-hybridized carbons (Fsp3) is 0.133. The van der Waals surface area contributed by atoms with Crippen LogP contribution < -0.4 is 0 Å². The van der Waals surface area contributed by atoms with E-state index in [-0.39, 0.29) is 5.91 Å². The first-order chi connectivity index (χ1) is 9.74. The quantitative estimate of drug-likeness (QED) is 0.790. The Kier molecular flexibility index (Phi) is 3.16. The molecule has 1 amide bonds. The molecule has 5 heteroatoms. The summed E-state index contributed by atoms with van der Waals surface area (Å²) >= 11 is 0. The van der Waals surface area contributed by atoms with Gasteiger partial charge in [-0.3, -0.25) is 9.89 Å². The third kappa shape index (κ3) is 2.38. The maximum Gasteiger partial charge on any atom is 0.254 e. The average Bonchev–Trinajstić information content (AvgIpc) is 2.99. The van der Waals surface area contributed by atoms with Crippen LogP contribution >= 0.6 is 0 Å². The topological polar surface area (TPSA) is 61.9 Å². The molecule has 1 N–H and O–H groups in total. The summed E-state index contributed by atoms with van der Waals surface area (Å²) in [7, 11) is 1.75. The molecule has 0 saturated carbocycles. The lowest BCUT2D eigenvalue weighted by Crippen LogP contribution is -2.26. The van der Waals surface area contributed by atoms with E-state index in [1.165, 1.54) is 6.33 Å². The molecule has 2 aromatic carbocycles. The number of amides is 1. The van der Waals surface area contributed by atoms with Crippen molar-refractivity contribution in [2.24, 2.45) is 0 Å². The van der Waals surface area contributed by atoms with Crippen molar-refractivity contribution < 1.29 is 4.79 Å². The molecule has 0 aliphatic carbocycles. The zero-order chi connectivity index (χ0) is 13.9. The van der Waals surface area contributed by atoms with Crippen molar-refractivity contribution in [3.63, 3.8) is 0 Å². The predicted molar refractivity (Wildman–Crippen MR) is 76.1 cm³/mol. The number of rotatable bonds is 3. The SMILES string of the molecule is CN(Cc1ncn[nH]1)C(=O)c1ccc2ccccc2c1. The van der Waals surface area contributed by atoms with Gasteiger partial charge in [-0.05, 0) is 22.9 Å². The van der Waals surface area contributed by atoms with E-state index in [0.29, 0.717) is 17.9 Å². The second-order valence-corrected chi connectivity index (χ2v) is 4.66. The van der Waals surface area contributed by atoms with Crippen LogP contribution in [-0.4, -0.2) is 33.0 Å². The van der Waals surface area contributed by atoms with Gasteiger partial charge < -0.3 is 4.90 Å². The molecule has 100 valence electrons. The number of nitrogens with one attached hydrogen (secondary N) is 1. The van der Waals surface area contributed by atoms with E-state index < -0.39 is 0 Å². The van der Waals surface area contributed by atoms with Gasteiger partial charge in [0.2, 0.25) is 0 Å². The highest BCUT2D eigenvalue weighted by Gasteiger charge is 2.13. The van der Waals surface area contributed by atoms with Gasteiger partial charge in [-0.15, -0.1) is 0 Å². The van der Waals surface area contributed by atoms with Crippen LogP contribution in [-0.2, 0) is 6.54 Å². The van der Waals surface area contributed by atoms with Gasteiger partial charge in [-0.2, -0.15) is 5.10 Å². The number of carbonyl (C=O) groups is 1. The van der Waals surface area contributed by atoms with Crippen molar-refractivity contribution in [1.82, 2.24) is 20.1 Å². The Labute approximate surface area is 116 Å². The van der Waals surface area contributed by atoms with Crippen LogP contribution in [0.5, 0.6) is 0 Å². The Morgan fingerprint density at radius 1 is 1.20 bits per heavy atom. The highest BCUT2D eigenvalue weighted by Crippen LogP contribution is 2.16. The number of carbonyl (C=O) groups excluding carboxylic acids is 1. The molecule has 0 saturated heterocycles. The fourth-order valence-corrected chi connectivity index (χ4v) is 2.15. The van der Waals surface area contributed by atoms with Crippen LogP contribution in [0.2, 0.25) is 0 Å². The van der Waals surface area contributed by atoms with Crippen molar-refractivity contribution in [3.8, 4) is 0 Å². The Balaban J connectivity index is 1.84. The zero-order valence-electron chi connectivity index (χ0n) is 11.1. The van der Waals surface area contributed by atoms with Crippen LogP contribution in [0.1, 0.15) is 16.2 Å². The van der Waals surface area contributed by atoms with Gasteiger partial charge in [0.1, 0.15) is 12.2 Å². The van der Waals surface area contributed by atoms with Gasteiger partial charge in [0.15, 0.2) is 0 Å². The summed E-state index contributed by atoms with van der Waals surface area (Å²) in [6, 6.07) is 13.7. The van der Waals surface area contributed by atoms with E-state index in [1.807, 2.05) is 42.5 Å². The number of nitrogens with zero attached hydrogens (tertiary/aromatic N) is 3. The molecule has 0 radical (unpaired) electrons. The number of H-pyrrole nitrogens is 1. The summed E-state index contributed by atoms with van der Waals surface area (Å²) in [4.78, 5) is 18.0. The largest absolute Gasteiger partial charge is 0.334 e. The van der Waals surface area contributed by atoms with Gasteiger partial charge >= 0.3 is 0 Å². The first kappa shape index (κ1) is 12.3. The third-order valence-corrected chi connectivity index (χ3v) is 3.19. The molecule has 0 bridgehead atoms. The number of benzene rings is 2. The molecule has 0 unspecified atom stereocenters. The average molecular weight is 266 g/mol. The minimum atomic E-state index is -0.0350. The van der Waals surface area contributed by atoms with Gasteiger partial charge in [0.25, 0.3) is 5.91 Å². The van der Waals surface area contributed by atoms with E-state index in [2.05, 4.69) is 15.2 Å². The molecular weight excluding hydrogens is 252 g/mol. The monoisotopic (exact) mass is 266 g/mol. The smallest absolute Gasteiger partial charge is 0.254 e. The summed E-state index contributed by atoms with van der Waals surface area (Å²) < 4.78 is 0. The Bertz CT molecular complexity index is 736. The van der Waals surface area contributed by atoms with Crippen LogP contribution in [0.25, 0.3) is 10.8 Å². The molecule has 0 atom stereocenters. The highest BCUT2D eigenvalue weighted by molar-refractivity contribution is 5.98. The second-order valence-electron chi connectivity index (χ2n) is 4.66. The summed E-state index contributed by atoms with van der Waals surface area (Å²) in [5.41, 5.74) is 0.672. The summed E-state index contributed by atoms with van der Waals surface area (Å²) in [6.07, 6.45) is 1.43. The van der Waals surface area contributed by atoms with Crippen molar-refractivity contribution in [2.45, 2.75) is 6.54 Å². The van der Waals surface area contributed by atoms with Gasteiger partial charge in [-0.1, -0.05) is 30.3 Å². The third-order valence-electron chi connectivity index (χ3n) is 3.19. The predicted octanol–water partition coefficient (Wildman–Crippen LogP) is 2.23. The number of hydrogen-bond acceptors (Lipinski definition) is 3. The van der Waals surface area contributed by atoms with Gasteiger partial charge in [-0.25, -0.2) is 4.98 Å². The maximum atomic E-state index is 12.4. The lowest BCUT2D eigenvalue weighted by atomic mass is 10.1. The number of aromatic nitrogens is 3. The molecule has 1 aromatic heterocycles. The van der Waals surface area contributed by atoms with Crippen LogP contribution in [0, 0.1) is 0 Å². The second kappa shape index (κ2) is 5.13. The van der Waals surface area contributed by atoms with Crippen molar-refractivity contribution in [3.05, 3.63) is 60.2 Å².